The van der Waals surface area contributed by atoms with E-state index in [4.69, 9.17) is 5.11 Å². The van der Waals surface area contributed by atoms with E-state index in [9.17, 15) is 9.59 Å². The predicted octanol–water partition coefficient (Wildman–Crippen LogP) is 1.64. The summed E-state index contributed by atoms with van der Waals surface area (Å²) in [5.74, 6) is -1.27. The van der Waals surface area contributed by atoms with Crippen LogP contribution >= 0.6 is 0 Å². The van der Waals surface area contributed by atoms with Gasteiger partial charge in [-0.3, -0.25) is 9.59 Å². The van der Waals surface area contributed by atoms with Crippen molar-refractivity contribution >= 4 is 11.9 Å². The molecule has 7 nitrogen and oxygen atoms in total. The Morgan fingerprint density at radius 2 is 1.95 bits per heavy atom. The number of carbonyl (C=O) groups is 2. The standard InChI is InChI=1S/C15H18N4O3/c1-15(2,9-8-12(20)21)17-14(22)13-16-10-19(18-13)11-6-4-3-5-7-11/h3-7,10H,8-9H2,1-2H3,(H,17,22)(H,20,21). The number of para-hydroxylation sites is 1. The second-order valence-corrected chi connectivity index (χ2v) is 5.58. The number of amides is 1. The van der Waals surface area contributed by atoms with E-state index in [1.165, 1.54) is 11.0 Å². The van der Waals surface area contributed by atoms with Gasteiger partial charge in [-0.05, 0) is 32.4 Å². The summed E-state index contributed by atoms with van der Waals surface area (Å²) in [6.07, 6.45) is 1.78. The number of hydrogen-bond donors (Lipinski definition) is 2. The maximum Gasteiger partial charge on any atom is 0.303 e. The smallest absolute Gasteiger partial charge is 0.303 e. The summed E-state index contributed by atoms with van der Waals surface area (Å²) in [6.45, 7) is 3.53. The maximum atomic E-state index is 12.2. The molecule has 1 aromatic carbocycles. The minimum absolute atomic E-state index is 0.0147. The van der Waals surface area contributed by atoms with Crippen molar-refractivity contribution in [2.24, 2.45) is 0 Å². The summed E-state index contributed by atoms with van der Waals surface area (Å²) in [4.78, 5) is 26.8. The number of aliphatic carboxylic acids is 1. The van der Waals surface area contributed by atoms with Crippen LogP contribution in [0.15, 0.2) is 36.7 Å². The first-order valence-corrected chi connectivity index (χ1v) is 6.89. The van der Waals surface area contributed by atoms with Gasteiger partial charge in [0.25, 0.3) is 5.91 Å². The van der Waals surface area contributed by atoms with E-state index in [0.29, 0.717) is 6.42 Å². The predicted molar refractivity (Wildman–Crippen MR) is 79.8 cm³/mol. The molecular formula is C15H18N4O3. The monoisotopic (exact) mass is 302 g/mol. The molecule has 0 aliphatic rings. The van der Waals surface area contributed by atoms with Crippen LogP contribution in [-0.2, 0) is 4.79 Å². The van der Waals surface area contributed by atoms with Gasteiger partial charge in [-0.1, -0.05) is 18.2 Å². The van der Waals surface area contributed by atoms with Crippen LogP contribution in [0.4, 0.5) is 0 Å². The van der Waals surface area contributed by atoms with Gasteiger partial charge in [-0.25, -0.2) is 9.67 Å². The van der Waals surface area contributed by atoms with Crippen molar-refractivity contribution in [2.45, 2.75) is 32.2 Å². The van der Waals surface area contributed by atoms with Crippen molar-refractivity contribution < 1.29 is 14.7 Å². The number of nitrogens with one attached hydrogen (secondary N) is 1. The Morgan fingerprint density at radius 1 is 1.27 bits per heavy atom. The number of nitrogens with zero attached hydrogens (tertiary/aromatic N) is 3. The zero-order chi connectivity index (χ0) is 16.2. The molecule has 2 N–H and O–H groups in total. The summed E-state index contributed by atoms with van der Waals surface area (Å²) in [6, 6.07) is 9.33. The van der Waals surface area contributed by atoms with Crippen LogP contribution in [0.5, 0.6) is 0 Å². The number of carboxylic acid groups (broad SMARTS) is 1. The molecule has 1 heterocycles. The summed E-state index contributed by atoms with van der Waals surface area (Å²) in [5, 5.41) is 15.6. The molecule has 0 atom stereocenters. The second-order valence-electron chi connectivity index (χ2n) is 5.58. The van der Waals surface area contributed by atoms with E-state index in [1.807, 2.05) is 30.3 Å². The zero-order valence-electron chi connectivity index (χ0n) is 12.5. The zero-order valence-corrected chi connectivity index (χ0v) is 12.5. The summed E-state index contributed by atoms with van der Waals surface area (Å²) < 4.78 is 1.51. The first-order valence-electron chi connectivity index (χ1n) is 6.89. The van der Waals surface area contributed by atoms with Gasteiger partial charge in [0.2, 0.25) is 5.82 Å². The molecule has 116 valence electrons. The second kappa shape index (κ2) is 6.38. The van der Waals surface area contributed by atoms with Gasteiger partial charge in [0.15, 0.2) is 0 Å². The first kappa shape index (κ1) is 15.7. The molecule has 0 spiro atoms. The molecule has 0 fully saturated rings. The van der Waals surface area contributed by atoms with Crippen molar-refractivity contribution in [1.82, 2.24) is 20.1 Å². The number of benzene rings is 1. The lowest BCUT2D eigenvalue weighted by molar-refractivity contribution is -0.137. The molecule has 2 aromatic rings. The molecule has 0 saturated carbocycles. The number of rotatable bonds is 6. The van der Waals surface area contributed by atoms with Crippen molar-refractivity contribution in [2.75, 3.05) is 0 Å². The van der Waals surface area contributed by atoms with E-state index in [2.05, 4.69) is 15.4 Å². The van der Waals surface area contributed by atoms with Crippen LogP contribution in [0, 0.1) is 0 Å². The van der Waals surface area contributed by atoms with Gasteiger partial charge >= 0.3 is 5.97 Å². The molecule has 0 aliphatic carbocycles. The molecule has 2 rings (SSSR count). The highest BCUT2D eigenvalue weighted by atomic mass is 16.4. The van der Waals surface area contributed by atoms with Gasteiger partial charge in [0.05, 0.1) is 5.69 Å². The topological polar surface area (TPSA) is 97.1 Å². The van der Waals surface area contributed by atoms with E-state index >= 15 is 0 Å². The third-order valence-corrected chi connectivity index (χ3v) is 3.13. The molecule has 1 aromatic heterocycles. The summed E-state index contributed by atoms with van der Waals surface area (Å²) in [5.41, 5.74) is 0.160. The fraction of sp³-hybridized carbons (Fsp3) is 0.333. The van der Waals surface area contributed by atoms with Crippen molar-refractivity contribution in [3.8, 4) is 5.69 Å². The SMILES string of the molecule is CC(C)(CCC(=O)O)NC(=O)c1ncn(-c2ccccc2)n1. The van der Waals surface area contributed by atoms with E-state index in [0.717, 1.165) is 5.69 Å². The van der Waals surface area contributed by atoms with Crippen LogP contribution in [0.3, 0.4) is 0 Å². The third-order valence-electron chi connectivity index (χ3n) is 3.13. The van der Waals surface area contributed by atoms with E-state index < -0.39 is 17.4 Å². The van der Waals surface area contributed by atoms with Gasteiger partial charge in [0, 0.05) is 12.0 Å². The molecule has 22 heavy (non-hydrogen) atoms. The van der Waals surface area contributed by atoms with Crippen molar-refractivity contribution in [3.63, 3.8) is 0 Å². The fourth-order valence-electron chi connectivity index (χ4n) is 1.92. The van der Waals surface area contributed by atoms with Crippen LogP contribution in [-0.4, -0.2) is 37.3 Å². The largest absolute Gasteiger partial charge is 0.481 e. The van der Waals surface area contributed by atoms with Crippen LogP contribution in [0.25, 0.3) is 5.69 Å². The molecule has 0 saturated heterocycles. The highest BCUT2D eigenvalue weighted by Gasteiger charge is 2.24. The van der Waals surface area contributed by atoms with Gasteiger partial charge < -0.3 is 10.4 Å². The number of carbonyl (C=O) groups excluding carboxylic acids is 1. The Morgan fingerprint density at radius 3 is 2.59 bits per heavy atom. The van der Waals surface area contributed by atoms with Gasteiger partial charge in [0.1, 0.15) is 6.33 Å². The molecule has 0 bridgehead atoms. The van der Waals surface area contributed by atoms with Crippen molar-refractivity contribution in [1.29, 1.82) is 0 Å². The van der Waals surface area contributed by atoms with Crippen LogP contribution in [0.2, 0.25) is 0 Å². The Labute approximate surface area is 128 Å². The molecule has 0 radical (unpaired) electrons. The van der Waals surface area contributed by atoms with Gasteiger partial charge in [-0.15, -0.1) is 5.10 Å². The highest BCUT2D eigenvalue weighted by molar-refractivity contribution is 5.90. The maximum absolute atomic E-state index is 12.2. The number of hydrogen-bond acceptors (Lipinski definition) is 4. The lowest BCUT2D eigenvalue weighted by Crippen LogP contribution is -2.44. The Kier molecular flexibility index (Phi) is 4.55. The lowest BCUT2D eigenvalue weighted by atomic mass is 9.98. The molecule has 7 heteroatoms. The van der Waals surface area contributed by atoms with Crippen LogP contribution in [0.1, 0.15) is 37.3 Å². The quantitative estimate of drug-likeness (QED) is 0.845. The van der Waals surface area contributed by atoms with Crippen LogP contribution < -0.4 is 5.32 Å². The highest BCUT2D eigenvalue weighted by Crippen LogP contribution is 2.12. The summed E-state index contributed by atoms with van der Waals surface area (Å²) in [7, 11) is 0. The Balaban J connectivity index is 2.04. The van der Waals surface area contributed by atoms with Crippen molar-refractivity contribution in [3.05, 3.63) is 42.5 Å². The molecular weight excluding hydrogens is 284 g/mol. The van der Waals surface area contributed by atoms with Gasteiger partial charge in [-0.2, -0.15) is 0 Å². The normalized spacial score (nSPS) is 11.2. The van der Waals surface area contributed by atoms with E-state index in [-0.39, 0.29) is 12.2 Å². The third kappa shape index (κ3) is 4.15. The molecule has 0 unspecified atom stereocenters. The minimum Gasteiger partial charge on any atom is -0.481 e. The molecule has 0 aliphatic heterocycles. The Bertz CT molecular complexity index is 664. The lowest BCUT2D eigenvalue weighted by Gasteiger charge is -2.24. The average molecular weight is 302 g/mol. The number of carboxylic acids is 1. The van der Waals surface area contributed by atoms with E-state index in [1.54, 1.807) is 13.8 Å². The average Bonchev–Trinajstić information content (AvgIpc) is 2.96. The first-order chi connectivity index (χ1) is 10.4. The minimum atomic E-state index is -0.895. The Hall–Kier alpha value is -2.70. The number of aromatic nitrogens is 3. The molecule has 1 amide bonds. The summed E-state index contributed by atoms with van der Waals surface area (Å²) >= 11 is 0. The fourth-order valence-corrected chi connectivity index (χ4v) is 1.92.